The minimum absolute atomic E-state index is 0. The van der Waals surface area contributed by atoms with Crippen molar-refractivity contribution in [1.82, 2.24) is 15.1 Å². The zero-order valence-corrected chi connectivity index (χ0v) is 15.9. The van der Waals surface area contributed by atoms with Crippen LogP contribution in [-0.4, -0.2) is 66.3 Å². The van der Waals surface area contributed by atoms with E-state index in [4.69, 9.17) is 5.73 Å². The summed E-state index contributed by atoms with van der Waals surface area (Å²) in [5, 5.41) is 2.81. The summed E-state index contributed by atoms with van der Waals surface area (Å²) >= 11 is 0. The number of likely N-dealkylation sites (tertiary alicyclic amines) is 2. The Morgan fingerprint density at radius 2 is 1.88 bits per heavy atom. The Morgan fingerprint density at radius 3 is 2.56 bits per heavy atom. The highest BCUT2D eigenvalue weighted by Crippen LogP contribution is 2.23. The molecule has 144 valence electrons. The van der Waals surface area contributed by atoms with Gasteiger partial charge < -0.3 is 20.9 Å². The maximum Gasteiger partial charge on any atom is 0.245 e. The molecule has 7 nitrogen and oxygen atoms in total. The molecular weight excluding hydrogens is 344 g/mol. The Balaban J connectivity index is 0.00000312. The highest BCUT2D eigenvalue weighted by Gasteiger charge is 2.36. The quantitative estimate of drug-likeness (QED) is 0.733. The molecule has 3 N–H and O–H groups in total. The van der Waals surface area contributed by atoms with Crippen molar-refractivity contribution >= 4 is 30.1 Å². The summed E-state index contributed by atoms with van der Waals surface area (Å²) in [6.07, 6.45) is 4.69. The number of nitrogens with one attached hydrogen (secondary N) is 1. The molecule has 2 saturated heterocycles. The van der Waals surface area contributed by atoms with Crippen LogP contribution in [0, 0.1) is 5.92 Å². The molecule has 2 heterocycles. The molecule has 8 heteroatoms. The van der Waals surface area contributed by atoms with Crippen LogP contribution in [-0.2, 0) is 14.4 Å². The molecule has 2 aliphatic rings. The Hall–Kier alpha value is -1.34. The van der Waals surface area contributed by atoms with Crippen LogP contribution >= 0.6 is 12.4 Å². The van der Waals surface area contributed by atoms with Crippen LogP contribution in [0.1, 0.15) is 45.4 Å². The number of carbonyl (C=O) groups is 3. The van der Waals surface area contributed by atoms with Crippen LogP contribution < -0.4 is 11.1 Å². The molecule has 0 aromatic rings. The maximum absolute atomic E-state index is 12.9. The van der Waals surface area contributed by atoms with Crippen LogP contribution in [0.4, 0.5) is 0 Å². The van der Waals surface area contributed by atoms with Crippen molar-refractivity contribution in [2.75, 3.05) is 32.7 Å². The Bertz CT molecular complexity index is 475. The number of carbonyl (C=O) groups excluding carboxylic acids is 3. The summed E-state index contributed by atoms with van der Waals surface area (Å²) in [4.78, 5) is 40.8. The van der Waals surface area contributed by atoms with Gasteiger partial charge in [0.25, 0.3) is 0 Å². The molecule has 0 saturated carbocycles. The number of hydrogen-bond donors (Lipinski definition) is 2. The molecule has 3 amide bonds. The van der Waals surface area contributed by atoms with E-state index in [2.05, 4.69) is 5.32 Å². The molecule has 0 aromatic carbocycles. The standard InChI is InChI=1S/C17H30N4O3.ClH/c1-2-15(22)21-11-4-3-7-14(21)17(24)20-10-5-6-13(12-20)16(23)19-9-8-18;/h13-14H,2-12,18H2,1H3,(H,19,23);1H. The molecule has 2 atom stereocenters. The molecule has 2 fully saturated rings. The van der Waals surface area contributed by atoms with Gasteiger partial charge in [-0.05, 0) is 32.1 Å². The second-order valence-electron chi connectivity index (χ2n) is 6.66. The van der Waals surface area contributed by atoms with E-state index in [1.54, 1.807) is 9.80 Å². The zero-order chi connectivity index (χ0) is 17.5. The molecule has 2 unspecified atom stereocenters. The van der Waals surface area contributed by atoms with Crippen molar-refractivity contribution in [3.05, 3.63) is 0 Å². The fraction of sp³-hybridized carbons (Fsp3) is 0.824. The van der Waals surface area contributed by atoms with E-state index < -0.39 is 0 Å². The number of piperidine rings is 2. The molecule has 25 heavy (non-hydrogen) atoms. The van der Waals surface area contributed by atoms with E-state index in [9.17, 15) is 14.4 Å². The van der Waals surface area contributed by atoms with Gasteiger partial charge in [0.05, 0.1) is 5.92 Å². The predicted octanol–water partition coefficient (Wildman–Crippen LogP) is 0.513. The van der Waals surface area contributed by atoms with Gasteiger partial charge in [0.1, 0.15) is 6.04 Å². The lowest BCUT2D eigenvalue weighted by atomic mass is 9.94. The second-order valence-corrected chi connectivity index (χ2v) is 6.66. The molecule has 0 aliphatic carbocycles. The summed E-state index contributed by atoms with van der Waals surface area (Å²) in [5.74, 6) is -0.147. The highest BCUT2D eigenvalue weighted by molar-refractivity contribution is 5.88. The first kappa shape index (κ1) is 21.7. The van der Waals surface area contributed by atoms with Gasteiger partial charge in [0, 0.05) is 39.1 Å². The van der Waals surface area contributed by atoms with Crippen molar-refractivity contribution in [2.45, 2.75) is 51.5 Å². The Kier molecular flexibility index (Phi) is 9.21. The third-order valence-corrected chi connectivity index (χ3v) is 4.96. The maximum atomic E-state index is 12.9. The number of amides is 3. The number of nitrogens with two attached hydrogens (primary N) is 1. The predicted molar refractivity (Wildman–Crippen MR) is 98.3 cm³/mol. The smallest absolute Gasteiger partial charge is 0.245 e. The summed E-state index contributed by atoms with van der Waals surface area (Å²) in [5.41, 5.74) is 5.42. The van der Waals surface area contributed by atoms with Crippen molar-refractivity contribution in [1.29, 1.82) is 0 Å². The van der Waals surface area contributed by atoms with Crippen molar-refractivity contribution in [3.8, 4) is 0 Å². The van der Waals surface area contributed by atoms with Gasteiger partial charge in [0.15, 0.2) is 0 Å². The van der Waals surface area contributed by atoms with E-state index in [1.165, 1.54) is 0 Å². The number of halogens is 1. The van der Waals surface area contributed by atoms with Crippen molar-refractivity contribution in [3.63, 3.8) is 0 Å². The van der Waals surface area contributed by atoms with Crippen LogP contribution in [0.2, 0.25) is 0 Å². The minimum atomic E-state index is -0.350. The average Bonchev–Trinajstić information content (AvgIpc) is 2.64. The van der Waals surface area contributed by atoms with Crippen LogP contribution in [0.5, 0.6) is 0 Å². The number of nitrogens with zero attached hydrogens (tertiary/aromatic N) is 2. The third-order valence-electron chi connectivity index (χ3n) is 4.96. The van der Waals surface area contributed by atoms with Gasteiger partial charge in [-0.15, -0.1) is 12.4 Å². The lowest BCUT2D eigenvalue weighted by Crippen LogP contribution is -2.55. The van der Waals surface area contributed by atoms with Crippen molar-refractivity contribution < 1.29 is 14.4 Å². The Labute approximate surface area is 156 Å². The molecule has 0 aromatic heterocycles. The van der Waals surface area contributed by atoms with Crippen LogP contribution in [0.15, 0.2) is 0 Å². The zero-order valence-electron chi connectivity index (χ0n) is 15.0. The molecule has 0 radical (unpaired) electrons. The first-order chi connectivity index (χ1) is 11.6. The van der Waals surface area contributed by atoms with Gasteiger partial charge in [-0.1, -0.05) is 6.92 Å². The fourth-order valence-corrected chi connectivity index (χ4v) is 3.63. The van der Waals surface area contributed by atoms with Crippen LogP contribution in [0.3, 0.4) is 0 Å². The summed E-state index contributed by atoms with van der Waals surface area (Å²) in [6.45, 7) is 4.49. The molecule has 0 spiro atoms. The third kappa shape index (κ3) is 5.57. The molecular formula is C17H31ClN4O3. The van der Waals surface area contributed by atoms with Gasteiger partial charge in [-0.2, -0.15) is 0 Å². The first-order valence-corrected chi connectivity index (χ1v) is 9.14. The number of rotatable bonds is 5. The normalized spacial score (nSPS) is 23.6. The minimum Gasteiger partial charge on any atom is -0.355 e. The monoisotopic (exact) mass is 374 g/mol. The lowest BCUT2D eigenvalue weighted by Gasteiger charge is -2.40. The highest BCUT2D eigenvalue weighted by atomic mass is 35.5. The summed E-state index contributed by atoms with van der Waals surface area (Å²) in [6, 6.07) is -0.350. The van der Waals surface area contributed by atoms with E-state index >= 15 is 0 Å². The van der Waals surface area contributed by atoms with E-state index in [1.807, 2.05) is 6.92 Å². The second kappa shape index (κ2) is 10.6. The van der Waals surface area contributed by atoms with Crippen molar-refractivity contribution in [2.24, 2.45) is 11.7 Å². The van der Waals surface area contributed by atoms with Gasteiger partial charge >= 0.3 is 0 Å². The average molecular weight is 375 g/mol. The molecule has 2 rings (SSSR count). The lowest BCUT2D eigenvalue weighted by molar-refractivity contribution is -0.149. The van der Waals surface area contributed by atoms with Crippen LogP contribution in [0.25, 0.3) is 0 Å². The SMILES string of the molecule is CCC(=O)N1CCCCC1C(=O)N1CCCC(C(=O)NCCN)C1.Cl. The summed E-state index contributed by atoms with van der Waals surface area (Å²) < 4.78 is 0. The van der Waals surface area contributed by atoms with Gasteiger partial charge in [0.2, 0.25) is 17.7 Å². The van der Waals surface area contributed by atoms with E-state index in [0.717, 1.165) is 32.1 Å². The van der Waals surface area contributed by atoms with E-state index in [-0.39, 0.29) is 42.1 Å². The molecule has 0 bridgehead atoms. The summed E-state index contributed by atoms with van der Waals surface area (Å²) in [7, 11) is 0. The Morgan fingerprint density at radius 1 is 1.12 bits per heavy atom. The topological polar surface area (TPSA) is 95.7 Å². The largest absolute Gasteiger partial charge is 0.355 e. The van der Waals surface area contributed by atoms with Gasteiger partial charge in [-0.3, -0.25) is 14.4 Å². The first-order valence-electron chi connectivity index (χ1n) is 9.14. The molecule has 2 aliphatic heterocycles. The fourth-order valence-electron chi connectivity index (χ4n) is 3.63. The van der Waals surface area contributed by atoms with E-state index in [0.29, 0.717) is 39.1 Å². The van der Waals surface area contributed by atoms with Gasteiger partial charge in [-0.25, -0.2) is 0 Å². The number of hydrogen-bond acceptors (Lipinski definition) is 4.